The van der Waals surface area contributed by atoms with E-state index in [9.17, 15) is 4.79 Å². The summed E-state index contributed by atoms with van der Waals surface area (Å²) in [5.41, 5.74) is 4.80. The van der Waals surface area contributed by atoms with Crippen molar-refractivity contribution < 1.29 is 9.53 Å². The van der Waals surface area contributed by atoms with Gasteiger partial charge in [-0.05, 0) is 39.7 Å². The summed E-state index contributed by atoms with van der Waals surface area (Å²) in [6.45, 7) is 9.49. The molecule has 4 heteroatoms. The molecule has 0 aromatic heterocycles. The number of hydrogen-bond donors (Lipinski definition) is 2. The molecule has 0 aromatic carbocycles. The molecule has 1 amide bonds. The Labute approximate surface area is 105 Å². The maximum Gasteiger partial charge on any atom is 0.237 e. The van der Waals surface area contributed by atoms with Crippen molar-refractivity contribution in [2.24, 2.45) is 5.73 Å². The average molecular weight is 244 g/mol. The van der Waals surface area contributed by atoms with Gasteiger partial charge in [0.1, 0.15) is 0 Å². The van der Waals surface area contributed by atoms with E-state index in [-0.39, 0.29) is 5.91 Å². The third-order valence-corrected chi connectivity index (χ3v) is 3.03. The Morgan fingerprint density at radius 1 is 1.47 bits per heavy atom. The number of nitrogens with one attached hydrogen (secondary N) is 1. The first-order chi connectivity index (χ1) is 7.96. The number of rotatable bonds is 10. The predicted octanol–water partition coefficient (Wildman–Crippen LogP) is 1.83. The van der Waals surface area contributed by atoms with Crippen LogP contribution in [-0.2, 0) is 9.53 Å². The molecular weight excluding hydrogens is 216 g/mol. The lowest BCUT2D eigenvalue weighted by Gasteiger charge is -2.27. The number of carbonyl (C=O) groups is 1. The first-order valence-electron chi connectivity index (χ1n) is 6.62. The van der Waals surface area contributed by atoms with Gasteiger partial charge in [-0.2, -0.15) is 0 Å². The molecule has 2 atom stereocenters. The van der Waals surface area contributed by atoms with E-state index in [1.165, 1.54) is 0 Å². The summed E-state index contributed by atoms with van der Waals surface area (Å²) < 4.78 is 5.66. The van der Waals surface area contributed by atoms with Crippen molar-refractivity contribution >= 4 is 5.91 Å². The zero-order chi connectivity index (χ0) is 13.3. The molecule has 102 valence electrons. The molecule has 0 fully saturated rings. The first kappa shape index (κ1) is 16.4. The number of likely N-dealkylation sites (N-methyl/N-ethyl adjacent to an activating group) is 1. The van der Waals surface area contributed by atoms with Crippen LogP contribution in [-0.4, -0.2) is 30.7 Å². The lowest BCUT2D eigenvalue weighted by atomic mass is 9.95. The fraction of sp³-hybridized carbons (Fsp3) is 0.923. The van der Waals surface area contributed by atoms with Crippen LogP contribution < -0.4 is 11.1 Å². The molecule has 0 bridgehead atoms. The van der Waals surface area contributed by atoms with Crippen LogP contribution in [0.2, 0.25) is 0 Å². The predicted molar refractivity (Wildman–Crippen MR) is 70.8 cm³/mol. The van der Waals surface area contributed by atoms with Crippen LogP contribution in [0.4, 0.5) is 0 Å². The van der Waals surface area contributed by atoms with Gasteiger partial charge in [0.05, 0.1) is 11.6 Å². The van der Waals surface area contributed by atoms with Crippen LogP contribution >= 0.6 is 0 Å². The Hall–Kier alpha value is -0.610. The first-order valence-corrected chi connectivity index (χ1v) is 6.62. The number of primary amides is 1. The van der Waals surface area contributed by atoms with Crippen LogP contribution in [0.5, 0.6) is 0 Å². The normalized spacial score (nSPS) is 16.5. The second-order valence-electron chi connectivity index (χ2n) is 4.80. The summed E-state index contributed by atoms with van der Waals surface area (Å²) in [7, 11) is 0. The van der Waals surface area contributed by atoms with E-state index in [0.29, 0.717) is 12.7 Å². The van der Waals surface area contributed by atoms with Gasteiger partial charge in [0.15, 0.2) is 0 Å². The summed E-state index contributed by atoms with van der Waals surface area (Å²) in [5, 5.41) is 3.14. The zero-order valence-corrected chi connectivity index (χ0v) is 11.7. The summed E-state index contributed by atoms with van der Waals surface area (Å²) >= 11 is 0. The lowest BCUT2D eigenvalue weighted by Crippen LogP contribution is -2.53. The van der Waals surface area contributed by atoms with Crippen molar-refractivity contribution in [1.29, 1.82) is 0 Å². The van der Waals surface area contributed by atoms with E-state index in [0.717, 1.165) is 32.2 Å². The zero-order valence-electron chi connectivity index (χ0n) is 11.7. The molecule has 0 rings (SSSR count). The Kier molecular flexibility index (Phi) is 8.17. The Bertz CT molecular complexity index is 221. The maximum atomic E-state index is 11.4. The third kappa shape index (κ3) is 6.64. The Morgan fingerprint density at radius 2 is 2.12 bits per heavy atom. The van der Waals surface area contributed by atoms with Crippen molar-refractivity contribution in [3.8, 4) is 0 Å². The highest BCUT2D eigenvalue weighted by Crippen LogP contribution is 2.12. The molecule has 0 aliphatic carbocycles. The van der Waals surface area contributed by atoms with Gasteiger partial charge >= 0.3 is 0 Å². The van der Waals surface area contributed by atoms with E-state index in [1.54, 1.807) is 0 Å². The van der Waals surface area contributed by atoms with Gasteiger partial charge in [-0.25, -0.2) is 0 Å². The molecule has 0 spiro atoms. The minimum atomic E-state index is -0.605. The Morgan fingerprint density at radius 3 is 2.59 bits per heavy atom. The SMILES string of the molecule is CCCC(C)OCCCC(C)(NCC)C(N)=O. The van der Waals surface area contributed by atoms with Crippen molar-refractivity contribution in [2.75, 3.05) is 13.2 Å². The molecule has 0 saturated carbocycles. The van der Waals surface area contributed by atoms with E-state index >= 15 is 0 Å². The number of amides is 1. The minimum absolute atomic E-state index is 0.291. The molecule has 3 N–H and O–H groups in total. The van der Waals surface area contributed by atoms with E-state index in [2.05, 4.69) is 19.2 Å². The van der Waals surface area contributed by atoms with Crippen molar-refractivity contribution in [2.45, 2.75) is 65.0 Å². The molecule has 0 aliphatic rings. The van der Waals surface area contributed by atoms with Gasteiger partial charge in [-0.15, -0.1) is 0 Å². The van der Waals surface area contributed by atoms with Crippen molar-refractivity contribution in [1.82, 2.24) is 5.32 Å². The van der Waals surface area contributed by atoms with Gasteiger partial charge < -0.3 is 15.8 Å². The highest BCUT2D eigenvalue weighted by Gasteiger charge is 2.28. The Balaban J connectivity index is 3.87. The smallest absolute Gasteiger partial charge is 0.237 e. The molecule has 17 heavy (non-hydrogen) atoms. The molecule has 2 unspecified atom stereocenters. The highest BCUT2D eigenvalue weighted by atomic mass is 16.5. The van der Waals surface area contributed by atoms with Crippen LogP contribution in [0.15, 0.2) is 0 Å². The largest absolute Gasteiger partial charge is 0.379 e. The summed E-state index contributed by atoms with van der Waals surface area (Å²) in [6, 6.07) is 0. The molecule has 0 aromatic rings. The summed E-state index contributed by atoms with van der Waals surface area (Å²) in [6.07, 6.45) is 4.09. The lowest BCUT2D eigenvalue weighted by molar-refractivity contribution is -0.124. The van der Waals surface area contributed by atoms with Crippen molar-refractivity contribution in [3.05, 3.63) is 0 Å². The molecular formula is C13H28N2O2. The fourth-order valence-corrected chi connectivity index (χ4v) is 1.89. The van der Waals surface area contributed by atoms with Crippen LogP contribution in [0.1, 0.15) is 53.4 Å². The molecule has 0 saturated heterocycles. The molecule has 4 nitrogen and oxygen atoms in total. The standard InChI is InChI=1S/C13H28N2O2/c1-5-8-11(3)17-10-7-9-13(4,12(14)16)15-6-2/h11,15H,5-10H2,1-4H3,(H2,14,16). The van der Waals surface area contributed by atoms with Crippen LogP contribution in [0, 0.1) is 0 Å². The number of carbonyl (C=O) groups excluding carboxylic acids is 1. The van der Waals surface area contributed by atoms with Gasteiger partial charge in [0.25, 0.3) is 0 Å². The van der Waals surface area contributed by atoms with E-state index in [4.69, 9.17) is 10.5 Å². The van der Waals surface area contributed by atoms with Crippen molar-refractivity contribution in [3.63, 3.8) is 0 Å². The van der Waals surface area contributed by atoms with Gasteiger partial charge in [-0.3, -0.25) is 4.79 Å². The number of nitrogens with two attached hydrogens (primary N) is 1. The topological polar surface area (TPSA) is 64.3 Å². The van der Waals surface area contributed by atoms with E-state index < -0.39 is 5.54 Å². The molecule has 0 aliphatic heterocycles. The third-order valence-electron chi connectivity index (χ3n) is 3.03. The number of ether oxygens (including phenoxy) is 1. The molecule has 0 heterocycles. The molecule has 0 radical (unpaired) electrons. The quantitative estimate of drug-likeness (QED) is 0.576. The van der Waals surface area contributed by atoms with Crippen LogP contribution in [0.25, 0.3) is 0 Å². The monoisotopic (exact) mass is 244 g/mol. The average Bonchev–Trinajstić information content (AvgIpc) is 2.25. The number of hydrogen-bond acceptors (Lipinski definition) is 3. The van der Waals surface area contributed by atoms with Crippen LogP contribution in [0.3, 0.4) is 0 Å². The minimum Gasteiger partial charge on any atom is -0.379 e. The van der Waals surface area contributed by atoms with Gasteiger partial charge in [-0.1, -0.05) is 20.3 Å². The van der Waals surface area contributed by atoms with Gasteiger partial charge in [0.2, 0.25) is 5.91 Å². The second kappa shape index (κ2) is 8.48. The second-order valence-corrected chi connectivity index (χ2v) is 4.80. The summed E-state index contributed by atoms with van der Waals surface area (Å²) in [4.78, 5) is 11.4. The maximum absolute atomic E-state index is 11.4. The highest BCUT2D eigenvalue weighted by molar-refractivity contribution is 5.84. The van der Waals surface area contributed by atoms with E-state index in [1.807, 2.05) is 13.8 Å². The van der Waals surface area contributed by atoms with Gasteiger partial charge in [0, 0.05) is 6.61 Å². The summed E-state index contributed by atoms with van der Waals surface area (Å²) in [5.74, 6) is -0.291. The fourth-order valence-electron chi connectivity index (χ4n) is 1.89.